The van der Waals surface area contributed by atoms with Crippen molar-refractivity contribution in [1.29, 1.82) is 0 Å². The second-order valence-corrected chi connectivity index (χ2v) is 35.3. The van der Waals surface area contributed by atoms with Gasteiger partial charge in [-0.25, -0.2) is 0 Å². The van der Waals surface area contributed by atoms with Crippen LogP contribution in [-0.4, -0.2) is 5.49 Å². The zero-order valence-electron chi connectivity index (χ0n) is 22.2. The van der Waals surface area contributed by atoms with Crippen molar-refractivity contribution in [2.45, 2.75) is 87.7 Å². The van der Waals surface area contributed by atoms with Gasteiger partial charge in [0.2, 0.25) is 0 Å². The molecule has 0 fully saturated rings. The van der Waals surface area contributed by atoms with Crippen molar-refractivity contribution >= 4 is 17.6 Å². The Morgan fingerprint density at radius 2 is 1.06 bits per heavy atom. The van der Waals surface area contributed by atoms with Crippen molar-refractivity contribution in [3.8, 4) is 0 Å². The van der Waals surface area contributed by atoms with Gasteiger partial charge in [0.1, 0.15) is 0 Å². The predicted molar refractivity (Wildman–Crippen MR) is 141 cm³/mol. The summed E-state index contributed by atoms with van der Waals surface area (Å²) in [5.41, 5.74) is 16.0. The normalized spacial score (nSPS) is 17.5. The average molecular weight is 678 g/mol. The van der Waals surface area contributed by atoms with E-state index in [9.17, 15) is 0 Å². The summed E-state index contributed by atoms with van der Waals surface area (Å²) in [6, 6.07) is 9.69. The van der Waals surface area contributed by atoms with Gasteiger partial charge in [0, 0.05) is 0 Å². The number of hydrogen-bond donors (Lipinski definition) is 0. The van der Waals surface area contributed by atoms with E-state index in [1.54, 1.807) is 55.7 Å². The van der Waals surface area contributed by atoms with Gasteiger partial charge in [-0.2, -0.15) is 0 Å². The Morgan fingerprint density at radius 1 is 0.676 bits per heavy atom. The Morgan fingerprint density at radius 3 is 1.38 bits per heavy atom. The molecule has 34 heavy (non-hydrogen) atoms. The number of fused-ring (bicyclic) bond motifs is 2. The monoisotopic (exact) mass is 678 g/mol. The maximum atomic E-state index is 2.65. The fourth-order valence-electron chi connectivity index (χ4n) is 6.29. The van der Waals surface area contributed by atoms with E-state index in [-0.39, 0.29) is 30.3 Å². The molecule has 2 aromatic rings. The van der Waals surface area contributed by atoms with Gasteiger partial charge in [-0.3, -0.25) is 0 Å². The maximum absolute atomic E-state index is 2.65. The summed E-state index contributed by atoms with van der Waals surface area (Å²) in [6.07, 6.45) is 10.1. The number of benzene rings is 2. The Labute approximate surface area is 228 Å². The third-order valence-corrected chi connectivity index (χ3v) is 35.8. The summed E-state index contributed by atoms with van der Waals surface area (Å²) in [4.78, 5) is 0. The summed E-state index contributed by atoms with van der Waals surface area (Å²) in [5, 5.41) is 0. The molecular weight excluding hydrogens is 638 g/mol. The molecule has 0 radical (unpaired) electrons. The summed E-state index contributed by atoms with van der Waals surface area (Å²) < 4.78 is 1.54. The largest absolute Gasteiger partial charge is 1.00 e. The molecule has 0 aliphatic heterocycles. The van der Waals surface area contributed by atoms with Crippen molar-refractivity contribution in [2.75, 3.05) is 0 Å². The van der Waals surface area contributed by atoms with Gasteiger partial charge >= 0.3 is 205 Å². The minimum atomic E-state index is -2.16. The van der Waals surface area contributed by atoms with E-state index in [0.29, 0.717) is 0 Å². The molecule has 2 aliphatic carbocycles. The summed E-state index contributed by atoms with van der Waals surface area (Å²) in [7, 11) is 0. The van der Waals surface area contributed by atoms with E-state index in [1.165, 1.54) is 25.7 Å². The molecule has 0 amide bonds. The van der Waals surface area contributed by atoms with Crippen LogP contribution >= 0.6 is 0 Å². The average Bonchev–Trinajstić information content (AvgIpc) is 3.26. The van der Waals surface area contributed by atoms with Crippen LogP contribution in [0.1, 0.15) is 92.4 Å². The van der Waals surface area contributed by atoms with Crippen LogP contribution in [0.3, 0.4) is 0 Å². The number of halogens is 2. The molecular formula is C30H40Cl2HfSi. The van der Waals surface area contributed by atoms with Crippen LogP contribution in [0.2, 0.25) is 13.1 Å². The second-order valence-electron chi connectivity index (χ2n) is 10.3. The zero-order valence-corrected chi connectivity index (χ0v) is 28.3. The van der Waals surface area contributed by atoms with E-state index in [2.05, 4.69) is 91.1 Å². The minimum absolute atomic E-state index is 0. The fourth-order valence-corrected chi connectivity index (χ4v) is 36.3. The molecule has 2 aliphatic rings. The van der Waals surface area contributed by atoms with E-state index in [1.807, 2.05) is 0 Å². The Hall–Kier alpha value is -0.413. The first-order chi connectivity index (χ1) is 15.3. The number of allylic oxidation sites excluding steroid dienone is 2. The van der Waals surface area contributed by atoms with Gasteiger partial charge in [-0.05, 0) is 0 Å². The molecule has 0 bridgehead atoms. The van der Waals surface area contributed by atoms with Gasteiger partial charge in [0.15, 0.2) is 0 Å². The van der Waals surface area contributed by atoms with Crippen LogP contribution in [-0.2, 0) is 32.9 Å². The van der Waals surface area contributed by atoms with E-state index >= 15 is 0 Å². The molecule has 0 nitrogen and oxygen atoms in total. The second kappa shape index (κ2) is 12.2. The quantitative estimate of drug-likeness (QED) is 0.413. The summed E-state index contributed by atoms with van der Waals surface area (Å²) in [5.74, 6) is 0. The van der Waals surface area contributed by atoms with Crippen LogP contribution in [0.15, 0.2) is 35.4 Å². The molecule has 4 rings (SSSR count). The van der Waals surface area contributed by atoms with Crippen LogP contribution in [0.25, 0.3) is 12.2 Å². The van der Waals surface area contributed by atoms with Crippen LogP contribution in [0, 0.1) is 13.8 Å². The van der Waals surface area contributed by atoms with Crippen molar-refractivity contribution in [2.24, 2.45) is 0 Å². The summed E-state index contributed by atoms with van der Waals surface area (Å²) >= 11 is -2.16. The molecule has 4 heteroatoms. The van der Waals surface area contributed by atoms with Gasteiger partial charge in [-0.1, -0.05) is 0 Å². The predicted octanol–water partition coefficient (Wildman–Crippen LogP) is 2.70. The van der Waals surface area contributed by atoms with Gasteiger partial charge in [0.05, 0.1) is 0 Å². The van der Waals surface area contributed by atoms with E-state index in [4.69, 9.17) is 0 Å². The van der Waals surface area contributed by atoms with Crippen LogP contribution in [0.5, 0.6) is 0 Å². The van der Waals surface area contributed by atoms with E-state index < -0.39 is 20.1 Å². The van der Waals surface area contributed by atoms with Crippen LogP contribution in [0.4, 0.5) is 0 Å². The molecule has 0 saturated heterocycles. The number of aryl methyl sites for hydroxylation is 4. The smallest absolute Gasteiger partial charge is 1.00 e. The molecule has 0 saturated carbocycles. The zero-order chi connectivity index (χ0) is 23.2. The Bertz CT molecular complexity index is 1080. The molecule has 182 valence electrons. The minimum Gasteiger partial charge on any atom is -1.00 e. The maximum Gasteiger partial charge on any atom is -1.00 e. The molecule has 0 N–H and O–H groups in total. The Kier molecular flexibility index (Phi) is 10.7. The molecule has 2 atom stereocenters. The number of hydrogen-bond acceptors (Lipinski definition) is 0. The third-order valence-electron chi connectivity index (χ3n) is 7.66. The van der Waals surface area contributed by atoms with Crippen molar-refractivity contribution in [1.82, 2.24) is 0 Å². The molecule has 0 spiro atoms. The van der Waals surface area contributed by atoms with Crippen molar-refractivity contribution < 1.29 is 44.9 Å². The fraction of sp³-hybridized carbons (Fsp3) is 0.467. The first-order valence-corrected chi connectivity index (χ1v) is 24.6. The Balaban J connectivity index is 0.00000204. The van der Waals surface area contributed by atoms with E-state index in [0.717, 1.165) is 7.35 Å². The van der Waals surface area contributed by atoms with Gasteiger partial charge < -0.3 is 24.8 Å². The molecule has 0 aromatic heterocycles. The van der Waals surface area contributed by atoms with Crippen molar-refractivity contribution in [3.05, 3.63) is 79.9 Å². The molecule has 2 aromatic carbocycles. The number of rotatable bonds is 6. The molecule has 2 unspecified atom stereocenters. The van der Waals surface area contributed by atoms with Gasteiger partial charge in [0.25, 0.3) is 0 Å². The standard InChI is InChI=1S/2C14H17.C2H6Si.2ClH.Hf/c2*1-4-5-12-7-6-11(3)13-8-10(2)9-14(12)13;1-3-2;;;/h2*6-9H,4-5H2,1-3H3;1-2H3;2*1H;/q;;;;;+2/p-2. The topological polar surface area (TPSA) is 0 Å². The third kappa shape index (κ3) is 5.17. The SMILES string of the molecule is CCCc1ccc(C)c2c1C=C(C)[CH]2[Hf+2]([CH]1C(C)=Cc2c(CCC)ccc(C)c21)=[Si](C)C.[Cl-].[Cl-]. The first-order valence-electron chi connectivity index (χ1n) is 12.6. The molecule has 0 heterocycles. The first kappa shape index (κ1) is 29.8. The summed E-state index contributed by atoms with van der Waals surface area (Å²) in [6.45, 7) is 19.6. The van der Waals surface area contributed by atoms with Crippen LogP contribution < -0.4 is 24.8 Å². The van der Waals surface area contributed by atoms with Crippen molar-refractivity contribution in [3.63, 3.8) is 0 Å². The van der Waals surface area contributed by atoms with Gasteiger partial charge in [-0.15, -0.1) is 0 Å².